The Balaban J connectivity index is 1.63. The number of carbonyl (C=O) groups is 2. The molecule has 1 aliphatic rings. The lowest BCUT2D eigenvalue weighted by molar-refractivity contribution is 0.0941. The van der Waals surface area contributed by atoms with Crippen LogP contribution >= 0.6 is 0 Å². The van der Waals surface area contributed by atoms with Gasteiger partial charge < -0.3 is 10.6 Å². The smallest absolute Gasteiger partial charge is 0.255 e. The van der Waals surface area contributed by atoms with Crippen molar-refractivity contribution < 1.29 is 9.59 Å². The van der Waals surface area contributed by atoms with E-state index in [1.54, 1.807) is 61.2 Å². The number of amides is 2. The van der Waals surface area contributed by atoms with Crippen molar-refractivity contribution in [3.05, 3.63) is 71.7 Å². The molecule has 126 valence electrons. The SMILES string of the molecule is CC1=CN=CCC1NC(=O)c1ccc(C(=O)Nc2ccncc2)cc1. The number of carbonyl (C=O) groups excluding carboxylic acids is 2. The summed E-state index contributed by atoms with van der Waals surface area (Å²) in [5.74, 6) is -0.408. The molecule has 25 heavy (non-hydrogen) atoms. The third-order valence-electron chi connectivity index (χ3n) is 3.93. The summed E-state index contributed by atoms with van der Waals surface area (Å²) in [4.78, 5) is 32.5. The van der Waals surface area contributed by atoms with Crippen molar-refractivity contribution in [1.82, 2.24) is 10.3 Å². The second-order valence-electron chi connectivity index (χ2n) is 5.73. The number of pyridine rings is 1. The second kappa shape index (κ2) is 7.53. The maximum atomic E-state index is 12.3. The summed E-state index contributed by atoms with van der Waals surface area (Å²) in [5, 5.41) is 5.74. The molecule has 2 heterocycles. The van der Waals surface area contributed by atoms with Gasteiger partial charge >= 0.3 is 0 Å². The minimum absolute atomic E-state index is 0.0420. The van der Waals surface area contributed by atoms with E-state index in [0.29, 0.717) is 23.2 Å². The maximum absolute atomic E-state index is 12.3. The molecule has 0 saturated carbocycles. The first-order chi connectivity index (χ1) is 12.1. The number of benzene rings is 1. The van der Waals surface area contributed by atoms with Crippen molar-refractivity contribution in [3.63, 3.8) is 0 Å². The van der Waals surface area contributed by atoms with Crippen LogP contribution in [-0.4, -0.2) is 29.1 Å². The molecule has 6 nitrogen and oxygen atoms in total. The standard InChI is InChI=1S/C19H18N4O2/c1-13-12-21-11-8-17(13)23-19(25)15-4-2-14(3-5-15)18(24)22-16-6-9-20-10-7-16/h2-7,9-12,17H,8H2,1H3,(H,23,25)(H,20,22,24). The third kappa shape index (κ3) is 4.17. The van der Waals surface area contributed by atoms with E-state index in [2.05, 4.69) is 20.6 Å². The Labute approximate surface area is 145 Å². The minimum atomic E-state index is -0.236. The fraction of sp³-hybridized carbons (Fsp3) is 0.158. The normalized spacial score (nSPS) is 16.0. The number of aromatic nitrogens is 1. The molecule has 6 heteroatoms. The Morgan fingerprint density at radius 2 is 1.64 bits per heavy atom. The first-order valence-corrected chi connectivity index (χ1v) is 7.94. The zero-order chi connectivity index (χ0) is 17.6. The Kier molecular flexibility index (Phi) is 4.99. The molecule has 2 N–H and O–H groups in total. The molecule has 1 aromatic carbocycles. The number of hydrogen-bond donors (Lipinski definition) is 2. The van der Waals surface area contributed by atoms with Crippen molar-refractivity contribution in [1.29, 1.82) is 0 Å². The molecule has 0 bridgehead atoms. The Morgan fingerprint density at radius 3 is 2.28 bits per heavy atom. The summed E-state index contributed by atoms with van der Waals surface area (Å²) in [5.41, 5.74) is 2.68. The lowest BCUT2D eigenvalue weighted by Crippen LogP contribution is -2.36. The highest BCUT2D eigenvalue weighted by Crippen LogP contribution is 2.12. The zero-order valence-corrected chi connectivity index (χ0v) is 13.8. The van der Waals surface area contributed by atoms with Gasteiger partial charge in [0.15, 0.2) is 0 Å². The van der Waals surface area contributed by atoms with Crippen LogP contribution in [0.25, 0.3) is 0 Å². The topological polar surface area (TPSA) is 83.5 Å². The van der Waals surface area contributed by atoms with E-state index >= 15 is 0 Å². The van der Waals surface area contributed by atoms with Gasteiger partial charge in [-0.15, -0.1) is 0 Å². The summed E-state index contributed by atoms with van der Waals surface area (Å²) >= 11 is 0. The van der Waals surface area contributed by atoms with E-state index in [-0.39, 0.29) is 17.9 Å². The van der Waals surface area contributed by atoms with Crippen molar-refractivity contribution in [3.8, 4) is 0 Å². The molecule has 0 fully saturated rings. The van der Waals surface area contributed by atoms with Crippen LogP contribution in [0.2, 0.25) is 0 Å². The van der Waals surface area contributed by atoms with Crippen LogP contribution in [0.5, 0.6) is 0 Å². The van der Waals surface area contributed by atoms with Gasteiger partial charge in [-0.2, -0.15) is 0 Å². The van der Waals surface area contributed by atoms with Crippen LogP contribution in [0, 0.1) is 0 Å². The average molecular weight is 334 g/mol. The van der Waals surface area contributed by atoms with Crippen molar-refractivity contribution in [2.75, 3.05) is 5.32 Å². The summed E-state index contributed by atoms with van der Waals surface area (Å²) in [6.45, 7) is 1.94. The van der Waals surface area contributed by atoms with Crippen LogP contribution in [-0.2, 0) is 0 Å². The zero-order valence-electron chi connectivity index (χ0n) is 13.8. The summed E-state index contributed by atoms with van der Waals surface area (Å²) in [6, 6.07) is 9.94. The molecule has 0 aliphatic carbocycles. The van der Waals surface area contributed by atoms with Gasteiger partial charge in [0.1, 0.15) is 0 Å². The molecule has 0 radical (unpaired) electrons. The Hall–Kier alpha value is -3.28. The minimum Gasteiger partial charge on any atom is -0.345 e. The highest BCUT2D eigenvalue weighted by Gasteiger charge is 2.16. The number of rotatable bonds is 4. The molecular weight excluding hydrogens is 316 g/mol. The van der Waals surface area contributed by atoms with Crippen LogP contribution in [0.4, 0.5) is 5.69 Å². The van der Waals surface area contributed by atoms with Crippen molar-refractivity contribution >= 4 is 23.7 Å². The predicted octanol–water partition coefficient (Wildman–Crippen LogP) is 2.81. The van der Waals surface area contributed by atoms with Crippen molar-refractivity contribution in [2.24, 2.45) is 4.99 Å². The van der Waals surface area contributed by atoms with Crippen LogP contribution < -0.4 is 10.6 Å². The quantitative estimate of drug-likeness (QED) is 0.902. The van der Waals surface area contributed by atoms with E-state index in [1.165, 1.54) is 0 Å². The molecule has 0 saturated heterocycles. The van der Waals surface area contributed by atoms with Gasteiger partial charge in [0.2, 0.25) is 0 Å². The number of nitrogens with one attached hydrogen (secondary N) is 2. The van der Waals surface area contributed by atoms with Gasteiger partial charge in [0.25, 0.3) is 11.8 Å². The monoisotopic (exact) mass is 334 g/mol. The Morgan fingerprint density at radius 1 is 1.00 bits per heavy atom. The fourth-order valence-electron chi connectivity index (χ4n) is 2.44. The molecule has 1 atom stereocenters. The number of nitrogens with zero attached hydrogens (tertiary/aromatic N) is 2. The van der Waals surface area contributed by atoms with Gasteiger partial charge in [-0.05, 0) is 48.9 Å². The van der Waals surface area contributed by atoms with E-state index in [0.717, 1.165) is 5.57 Å². The fourth-order valence-corrected chi connectivity index (χ4v) is 2.44. The highest BCUT2D eigenvalue weighted by atomic mass is 16.2. The maximum Gasteiger partial charge on any atom is 0.255 e. The first-order valence-electron chi connectivity index (χ1n) is 7.94. The van der Waals surface area contributed by atoms with Gasteiger partial charge in [0.05, 0.1) is 6.04 Å². The number of anilines is 1. The molecule has 1 unspecified atom stereocenters. The van der Waals surface area contributed by atoms with Crippen LogP contribution in [0.1, 0.15) is 34.1 Å². The van der Waals surface area contributed by atoms with Gasteiger partial charge in [-0.25, -0.2) is 0 Å². The lowest BCUT2D eigenvalue weighted by atomic mass is 10.0. The largest absolute Gasteiger partial charge is 0.345 e. The highest BCUT2D eigenvalue weighted by molar-refractivity contribution is 6.05. The predicted molar refractivity (Wildman–Crippen MR) is 96.8 cm³/mol. The number of hydrogen-bond acceptors (Lipinski definition) is 4. The number of aliphatic imine (C=N–C) groups is 1. The molecule has 0 spiro atoms. The molecule has 1 aliphatic heterocycles. The summed E-state index contributed by atoms with van der Waals surface area (Å²) < 4.78 is 0. The second-order valence-corrected chi connectivity index (χ2v) is 5.73. The van der Waals surface area contributed by atoms with Crippen molar-refractivity contribution in [2.45, 2.75) is 19.4 Å². The van der Waals surface area contributed by atoms with E-state index in [4.69, 9.17) is 0 Å². The van der Waals surface area contributed by atoms with E-state index in [9.17, 15) is 9.59 Å². The van der Waals surface area contributed by atoms with Gasteiger partial charge in [-0.3, -0.25) is 19.6 Å². The molecule has 3 rings (SSSR count). The summed E-state index contributed by atoms with van der Waals surface area (Å²) in [7, 11) is 0. The van der Waals surface area contributed by atoms with Crippen LogP contribution in [0.15, 0.2) is 65.6 Å². The third-order valence-corrected chi connectivity index (χ3v) is 3.93. The average Bonchev–Trinajstić information content (AvgIpc) is 2.64. The van der Waals surface area contributed by atoms with E-state index < -0.39 is 0 Å². The van der Waals surface area contributed by atoms with Gasteiger partial charge in [-0.1, -0.05) is 0 Å². The summed E-state index contributed by atoms with van der Waals surface area (Å²) in [6.07, 6.45) is 7.43. The Bertz CT molecular complexity index is 826. The van der Waals surface area contributed by atoms with Crippen LogP contribution in [0.3, 0.4) is 0 Å². The molecule has 2 aromatic rings. The molecule has 2 amide bonds. The molecule has 1 aromatic heterocycles. The first kappa shape index (κ1) is 16.6. The lowest BCUT2D eigenvalue weighted by Gasteiger charge is -2.19. The molecular formula is C19H18N4O2. The van der Waals surface area contributed by atoms with E-state index in [1.807, 2.05) is 6.92 Å². The van der Waals surface area contributed by atoms with Gasteiger partial charge in [0, 0.05) is 48.0 Å².